The number of thioether (sulfide) groups is 1. The Bertz CT molecular complexity index is 915. The molecule has 3 heterocycles. The van der Waals surface area contributed by atoms with Gasteiger partial charge in [-0.2, -0.15) is 0 Å². The van der Waals surface area contributed by atoms with Crippen molar-refractivity contribution in [1.29, 1.82) is 0 Å². The first-order valence-corrected chi connectivity index (χ1v) is 10.7. The molecule has 0 bridgehead atoms. The molecule has 2 aliphatic heterocycles. The second-order valence-corrected chi connectivity index (χ2v) is 8.57. The number of aliphatic imine (C=N–C) groups is 1. The van der Waals surface area contributed by atoms with Gasteiger partial charge in [0.1, 0.15) is 12.3 Å². The highest BCUT2D eigenvalue weighted by molar-refractivity contribution is 8.13. The van der Waals surface area contributed by atoms with Crippen LogP contribution in [0, 0.1) is 0 Å². The summed E-state index contributed by atoms with van der Waals surface area (Å²) in [5.41, 5.74) is 7.89. The Labute approximate surface area is 181 Å². The SMILES string of the molecule is C.C[C@@]1(c2cccc(CC(=O)c3cnc(OCC4CCO4)cn3)c2)CCSC(N)=N1. The summed E-state index contributed by atoms with van der Waals surface area (Å²) in [5.74, 6) is 1.25. The summed E-state index contributed by atoms with van der Waals surface area (Å²) in [6.45, 7) is 3.32. The summed E-state index contributed by atoms with van der Waals surface area (Å²) < 4.78 is 10.8. The van der Waals surface area contributed by atoms with Gasteiger partial charge in [-0.3, -0.25) is 9.79 Å². The van der Waals surface area contributed by atoms with Gasteiger partial charge < -0.3 is 15.2 Å². The van der Waals surface area contributed by atoms with Crippen LogP contribution >= 0.6 is 11.8 Å². The maximum atomic E-state index is 12.7. The number of carbonyl (C=O) groups is 1. The molecule has 0 radical (unpaired) electrons. The molecule has 1 fully saturated rings. The molecule has 30 heavy (non-hydrogen) atoms. The number of nitrogens with two attached hydrogens (primary N) is 1. The van der Waals surface area contributed by atoms with E-state index in [1.165, 1.54) is 12.4 Å². The molecule has 0 spiro atoms. The summed E-state index contributed by atoms with van der Waals surface area (Å²) >= 11 is 1.58. The molecule has 2 aliphatic rings. The average molecular weight is 429 g/mol. The van der Waals surface area contributed by atoms with Gasteiger partial charge in [0.2, 0.25) is 5.88 Å². The van der Waals surface area contributed by atoms with Crippen LogP contribution in [0.1, 0.15) is 48.8 Å². The Morgan fingerprint density at radius 2 is 2.20 bits per heavy atom. The Kier molecular flexibility index (Phi) is 7.10. The molecule has 0 saturated carbocycles. The van der Waals surface area contributed by atoms with Gasteiger partial charge in [0.25, 0.3) is 0 Å². The molecule has 7 nitrogen and oxygen atoms in total. The van der Waals surface area contributed by atoms with Gasteiger partial charge in [0.15, 0.2) is 11.0 Å². The lowest BCUT2D eigenvalue weighted by molar-refractivity contribution is -0.0727. The normalized spacial score (nSPS) is 23.0. The summed E-state index contributed by atoms with van der Waals surface area (Å²) in [6.07, 6.45) is 5.25. The highest BCUT2D eigenvalue weighted by atomic mass is 32.2. The third kappa shape index (κ3) is 5.17. The maximum Gasteiger partial charge on any atom is 0.232 e. The van der Waals surface area contributed by atoms with Crippen molar-refractivity contribution < 1.29 is 14.3 Å². The van der Waals surface area contributed by atoms with Crippen molar-refractivity contribution in [3.63, 3.8) is 0 Å². The van der Waals surface area contributed by atoms with Crippen LogP contribution in [0.3, 0.4) is 0 Å². The highest BCUT2D eigenvalue weighted by Gasteiger charge is 2.29. The van der Waals surface area contributed by atoms with Crippen molar-refractivity contribution in [2.75, 3.05) is 19.0 Å². The Balaban J connectivity index is 0.00000256. The number of carbonyl (C=O) groups excluding carboxylic acids is 1. The zero-order valence-corrected chi connectivity index (χ0v) is 17.2. The van der Waals surface area contributed by atoms with Gasteiger partial charge >= 0.3 is 0 Å². The Morgan fingerprint density at radius 1 is 1.37 bits per heavy atom. The van der Waals surface area contributed by atoms with Gasteiger partial charge in [0, 0.05) is 25.2 Å². The number of amidine groups is 1. The van der Waals surface area contributed by atoms with Crippen molar-refractivity contribution >= 4 is 22.7 Å². The largest absolute Gasteiger partial charge is 0.474 e. The van der Waals surface area contributed by atoms with Crippen LogP contribution in [-0.2, 0) is 16.7 Å². The van der Waals surface area contributed by atoms with Crippen LogP contribution in [0.25, 0.3) is 0 Å². The van der Waals surface area contributed by atoms with Crippen LogP contribution < -0.4 is 10.5 Å². The van der Waals surface area contributed by atoms with Gasteiger partial charge in [-0.25, -0.2) is 9.97 Å². The summed E-state index contributed by atoms with van der Waals surface area (Å²) in [4.78, 5) is 25.7. The van der Waals surface area contributed by atoms with Gasteiger partial charge in [0.05, 0.1) is 24.0 Å². The van der Waals surface area contributed by atoms with Crippen LogP contribution in [0.5, 0.6) is 5.88 Å². The van der Waals surface area contributed by atoms with Crippen molar-refractivity contribution in [1.82, 2.24) is 9.97 Å². The first-order chi connectivity index (χ1) is 14.0. The molecule has 2 atom stereocenters. The van der Waals surface area contributed by atoms with E-state index in [1.807, 2.05) is 24.3 Å². The van der Waals surface area contributed by atoms with Crippen LogP contribution in [0.15, 0.2) is 41.7 Å². The zero-order valence-electron chi connectivity index (χ0n) is 16.3. The number of ketones is 1. The van der Waals surface area contributed by atoms with E-state index >= 15 is 0 Å². The predicted molar refractivity (Wildman–Crippen MR) is 119 cm³/mol. The third-order valence-corrected chi connectivity index (χ3v) is 6.03. The summed E-state index contributed by atoms with van der Waals surface area (Å²) in [5, 5.41) is 0.613. The zero-order chi connectivity index (χ0) is 20.3. The number of Topliss-reactive ketones (excluding diaryl/α,β-unsaturated/α-hetero) is 1. The second kappa shape index (κ2) is 9.57. The first-order valence-electron chi connectivity index (χ1n) is 9.69. The maximum absolute atomic E-state index is 12.7. The lowest BCUT2D eigenvalue weighted by atomic mass is 9.88. The number of aromatic nitrogens is 2. The predicted octanol–water partition coefficient (Wildman–Crippen LogP) is 3.37. The number of hydrogen-bond donors (Lipinski definition) is 1. The second-order valence-electron chi connectivity index (χ2n) is 7.46. The van der Waals surface area contributed by atoms with E-state index in [-0.39, 0.29) is 31.3 Å². The van der Waals surface area contributed by atoms with E-state index in [1.54, 1.807) is 11.8 Å². The van der Waals surface area contributed by atoms with Crippen LogP contribution in [-0.4, -0.2) is 46.0 Å². The monoisotopic (exact) mass is 428 g/mol. The third-order valence-electron chi connectivity index (χ3n) is 5.23. The molecule has 1 saturated heterocycles. The van der Waals surface area contributed by atoms with E-state index in [2.05, 4.69) is 21.9 Å². The first kappa shape index (κ1) is 22.2. The molecule has 1 aromatic heterocycles. The molecule has 0 aliphatic carbocycles. The fourth-order valence-corrected chi connectivity index (χ4v) is 4.29. The fourth-order valence-electron chi connectivity index (χ4n) is 3.32. The van der Waals surface area contributed by atoms with Gasteiger partial charge in [-0.1, -0.05) is 43.5 Å². The lowest BCUT2D eigenvalue weighted by Crippen LogP contribution is -2.32. The molecule has 160 valence electrons. The Hall–Kier alpha value is -2.45. The Morgan fingerprint density at radius 3 is 2.87 bits per heavy atom. The standard InChI is InChI=1S/C21H24N4O3S.CH4/c1-21(6-8-29-20(22)25-21)15-4-2-3-14(9-15)10-18(26)17-11-24-19(12-23-17)28-13-16-5-7-27-16;/h2-4,9,11-12,16H,5-8,10,13H2,1H3,(H2,22,25);1H4/t16?,21-;/m0./s1. The number of rotatable bonds is 7. The van der Waals surface area contributed by atoms with Gasteiger partial charge in [-0.15, -0.1) is 0 Å². The van der Waals surface area contributed by atoms with E-state index in [4.69, 9.17) is 15.2 Å². The minimum atomic E-state index is -0.350. The van der Waals surface area contributed by atoms with E-state index in [0.29, 0.717) is 23.3 Å². The highest BCUT2D eigenvalue weighted by Crippen LogP contribution is 2.35. The molecular formula is C22H28N4O3S. The average Bonchev–Trinajstić information content (AvgIpc) is 2.67. The molecule has 2 aromatic rings. The quantitative estimate of drug-likeness (QED) is 0.675. The van der Waals surface area contributed by atoms with Crippen LogP contribution in [0.4, 0.5) is 0 Å². The minimum absolute atomic E-state index is 0. The topological polar surface area (TPSA) is 99.7 Å². The lowest BCUT2D eigenvalue weighted by Gasteiger charge is -2.30. The van der Waals surface area contributed by atoms with E-state index < -0.39 is 0 Å². The fraction of sp³-hybridized carbons (Fsp3) is 0.455. The summed E-state index contributed by atoms with van der Waals surface area (Å²) in [7, 11) is 0. The van der Waals surface area contributed by atoms with Gasteiger partial charge in [-0.05, 0) is 24.5 Å². The number of benzene rings is 1. The van der Waals surface area contributed by atoms with E-state index in [0.717, 1.165) is 36.3 Å². The molecule has 8 heteroatoms. The molecule has 1 aromatic carbocycles. The molecule has 2 N–H and O–H groups in total. The van der Waals surface area contributed by atoms with Crippen molar-refractivity contribution in [2.24, 2.45) is 10.7 Å². The minimum Gasteiger partial charge on any atom is -0.474 e. The van der Waals surface area contributed by atoms with Crippen molar-refractivity contribution in [3.8, 4) is 5.88 Å². The van der Waals surface area contributed by atoms with Crippen molar-refractivity contribution in [2.45, 2.75) is 45.3 Å². The number of hydrogen-bond acceptors (Lipinski definition) is 8. The molecule has 0 amide bonds. The number of ether oxygens (including phenoxy) is 2. The number of nitrogens with zero attached hydrogens (tertiary/aromatic N) is 3. The van der Waals surface area contributed by atoms with Crippen molar-refractivity contribution in [3.05, 3.63) is 53.5 Å². The van der Waals surface area contributed by atoms with Crippen LogP contribution in [0.2, 0.25) is 0 Å². The molecule has 1 unspecified atom stereocenters. The summed E-state index contributed by atoms with van der Waals surface area (Å²) in [6, 6.07) is 7.98. The molecule has 4 rings (SSSR count). The smallest absolute Gasteiger partial charge is 0.232 e. The molecular weight excluding hydrogens is 400 g/mol. The van der Waals surface area contributed by atoms with E-state index in [9.17, 15) is 4.79 Å².